The number of rotatable bonds is 4. The van der Waals surface area contributed by atoms with Crippen molar-refractivity contribution < 1.29 is 4.42 Å². The van der Waals surface area contributed by atoms with Crippen molar-refractivity contribution in [3.63, 3.8) is 0 Å². The summed E-state index contributed by atoms with van der Waals surface area (Å²) in [5, 5.41) is 0.357. The number of aromatic nitrogens is 4. The van der Waals surface area contributed by atoms with E-state index in [9.17, 15) is 9.59 Å². The van der Waals surface area contributed by atoms with Crippen LogP contribution in [0.3, 0.4) is 0 Å². The first-order chi connectivity index (χ1) is 15.5. The lowest BCUT2D eigenvalue weighted by molar-refractivity contribution is 0.536. The van der Waals surface area contributed by atoms with Crippen molar-refractivity contribution in [2.75, 3.05) is 0 Å². The van der Waals surface area contributed by atoms with Gasteiger partial charge in [0.05, 0.1) is 17.6 Å². The monoisotopic (exact) mass is 424 g/mol. The number of fused-ring (bicyclic) bond motifs is 1. The predicted octanol–water partition coefficient (Wildman–Crippen LogP) is 3.87. The SMILES string of the molecule is Cc1ccc(-c2nc(Cn3c(=O)c4cccnc4n(-c4ccccc4)c3=O)c(C)o2)cc1. The number of oxazole rings is 1. The number of hydrogen-bond acceptors (Lipinski definition) is 5. The van der Waals surface area contributed by atoms with Crippen LogP contribution in [0.2, 0.25) is 0 Å². The van der Waals surface area contributed by atoms with E-state index in [1.54, 1.807) is 37.4 Å². The highest BCUT2D eigenvalue weighted by atomic mass is 16.4. The molecule has 5 aromatic rings. The van der Waals surface area contributed by atoms with Gasteiger partial charge in [-0.25, -0.2) is 19.3 Å². The Morgan fingerprint density at radius 2 is 1.66 bits per heavy atom. The van der Waals surface area contributed by atoms with E-state index in [4.69, 9.17) is 4.42 Å². The number of hydrogen-bond donors (Lipinski definition) is 0. The molecule has 0 aliphatic carbocycles. The summed E-state index contributed by atoms with van der Waals surface area (Å²) in [4.78, 5) is 35.6. The van der Waals surface area contributed by atoms with Gasteiger partial charge in [0, 0.05) is 11.8 Å². The highest BCUT2D eigenvalue weighted by Crippen LogP contribution is 2.22. The van der Waals surface area contributed by atoms with E-state index in [1.165, 1.54) is 9.13 Å². The fourth-order valence-corrected chi connectivity index (χ4v) is 3.68. The smallest absolute Gasteiger partial charge is 0.337 e. The fraction of sp³-hybridized carbons (Fsp3) is 0.120. The number of benzene rings is 2. The Kier molecular flexibility index (Phi) is 4.78. The van der Waals surface area contributed by atoms with Crippen LogP contribution in [-0.2, 0) is 6.54 Å². The van der Waals surface area contributed by atoms with Crippen LogP contribution in [0.25, 0.3) is 28.2 Å². The second kappa shape index (κ2) is 7.77. The van der Waals surface area contributed by atoms with E-state index in [1.807, 2.05) is 49.4 Å². The lowest BCUT2D eigenvalue weighted by Gasteiger charge is -2.12. The molecule has 2 aromatic carbocycles. The summed E-state index contributed by atoms with van der Waals surface area (Å²) in [7, 11) is 0. The van der Waals surface area contributed by atoms with Crippen molar-refractivity contribution in [2.24, 2.45) is 0 Å². The van der Waals surface area contributed by atoms with Gasteiger partial charge in [0.2, 0.25) is 5.89 Å². The lowest BCUT2D eigenvalue weighted by atomic mass is 10.1. The summed E-state index contributed by atoms with van der Waals surface area (Å²) in [5.74, 6) is 1.01. The number of nitrogens with zero attached hydrogens (tertiary/aromatic N) is 4. The molecule has 0 unspecified atom stereocenters. The van der Waals surface area contributed by atoms with Gasteiger partial charge in [-0.15, -0.1) is 0 Å². The van der Waals surface area contributed by atoms with Crippen LogP contribution < -0.4 is 11.2 Å². The molecule has 0 amide bonds. The molecule has 0 bridgehead atoms. The molecule has 0 N–H and O–H groups in total. The van der Waals surface area contributed by atoms with Gasteiger partial charge < -0.3 is 4.42 Å². The van der Waals surface area contributed by atoms with E-state index in [0.29, 0.717) is 34.1 Å². The van der Waals surface area contributed by atoms with Gasteiger partial charge in [0.15, 0.2) is 5.65 Å². The topological polar surface area (TPSA) is 82.9 Å². The minimum absolute atomic E-state index is 0.00344. The predicted molar refractivity (Wildman–Crippen MR) is 122 cm³/mol. The van der Waals surface area contributed by atoms with Crippen LogP contribution in [-0.4, -0.2) is 19.1 Å². The number of pyridine rings is 1. The summed E-state index contributed by atoms with van der Waals surface area (Å²) in [6, 6.07) is 20.3. The van der Waals surface area contributed by atoms with Gasteiger partial charge in [0.1, 0.15) is 11.5 Å². The second-order valence-corrected chi connectivity index (χ2v) is 7.61. The van der Waals surface area contributed by atoms with Crippen LogP contribution in [0.1, 0.15) is 17.0 Å². The Bertz CT molecular complexity index is 1540. The van der Waals surface area contributed by atoms with Crippen LogP contribution in [0.15, 0.2) is 86.9 Å². The third-order valence-electron chi connectivity index (χ3n) is 5.41. The van der Waals surface area contributed by atoms with E-state index in [0.717, 1.165) is 11.1 Å². The summed E-state index contributed by atoms with van der Waals surface area (Å²) in [6.07, 6.45) is 1.57. The molecule has 5 rings (SSSR count). The Balaban J connectivity index is 1.67. The van der Waals surface area contributed by atoms with Gasteiger partial charge in [-0.05, 0) is 50.2 Å². The minimum Gasteiger partial charge on any atom is -0.441 e. The Labute approximate surface area is 183 Å². The molecule has 0 saturated heterocycles. The lowest BCUT2D eigenvalue weighted by Crippen LogP contribution is -2.40. The van der Waals surface area contributed by atoms with Crippen LogP contribution in [0, 0.1) is 13.8 Å². The molecule has 7 nitrogen and oxygen atoms in total. The molecular formula is C25H20N4O3. The first kappa shape index (κ1) is 19.7. The van der Waals surface area contributed by atoms with E-state index in [2.05, 4.69) is 9.97 Å². The second-order valence-electron chi connectivity index (χ2n) is 7.61. The average Bonchev–Trinajstić information content (AvgIpc) is 3.18. The zero-order valence-corrected chi connectivity index (χ0v) is 17.6. The van der Waals surface area contributed by atoms with Crippen molar-refractivity contribution in [3.05, 3.63) is 111 Å². The van der Waals surface area contributed by atoms with Crippen molar-refractivity contribution in [3.8, 4) is 17.1 Å². The summed E-state index contributed by atoms with van der Waals surface area (Å²) >= 11 is 0. The maximum absolute atomic E-state index is 13.5. The highest BCUT2D eigenvalue weighted by molar-refractivity contribution is 5.75. The summed E-state index contributed by atoms with van der Waals surface area (Å²) in [5.41, 5.74) is 2.56. The third kappa shape index (κ3) is 3.33. The Morgan fingerprint density at radius 1 is 0.906 bits per heavy atom. The maximum atomic E-state index is 13.5. The van der Waals surface area contributed by atoms with Crippen molar-refractivity contribution in [1.29, 1.82) is 0 Å². The normalized spacial score (nSPS) is 11.2. The Morgan fingerprint density at radius 3 is 2.41 bits per heavy atom. The first-order valence-electron chi connectivity index (χ1n) is 10.2. The quantitative estimate of drug-likeness (QED) is 0.437. The van der Waals surface area contributed by atoms with E-state index in [-0.39, 0.29) is 6.54 Å². The minimum atomic E-state index is -0.480. The van der Waals surface area contributed by atoms with Gasteiger partial charge in [-0.1, -0.05) is 35.9 Å². The standard InChI is InChI=1S/C25H20N4O3/c1-16-10-12-18(13-11-16)23-27-21(17(2)32-23)15-28-24(30)20-9-6-14-26-22(20)29(25(28)31)19-7-4-3-5-8-19/h3-14H,15H2,1-2H3. The van der Waals surface area contributed by atoms with Gasteiger partial charge in [-0.2, -0.15) is 0 Å². The van der Waals surface area contributed by atoms with E-state index >= 15 is 0 Å². The number of para-hydroxylation sites is 1. The zero-order valence-electron chi connectivity index (χ0n) is 17.6. The van der Waals surface area contributed by atoms with Crippen molar-refractivity contribution in [2.45, 2.75) is 20.4 Å². The number of aryl methyl sites for hydroxylation is 2. The van der Waals surface area contributed by atoms with E-state index < -0.39 is 11.2 Å². The van der Waals surface area contributed by atoms with Crippen LogP contribution >= 0.6 is 0 Å². The fourth-order valence-electron chi connectivity index (χ4n) is 3.68. The molecule has 0 saturated carbocycles. The summed E-state index contributed by atoms with van der Waals surface area (Å²) in [6.45, 7) is 3.79. The molecule has 0 radical (unpaired) electrons. The highest BCUT2D eigenvalue weighted by Gasteiger charge is 2.18. The summed E-state index contributed by atoms with van der Waals surface area (Å²) < 4.78 is 8.48. The molecule has 0 spiro atoms. The molecule has 32 heavy (non-hydrogen) atoms. The molecule has 0 atom stereocenters. The molecule has 0 aliphatic heterocycles. The first-order valence-corrected chi connectivity index (χ1v) is 10.2. The molecule has 0 fully saturated rings. The largest absolute Gasteiger partial charge is 0.441 e. The Hall–Kier alpha value is -4.26. The van der Waals surface area contributed by atoms with Gasteiger partial charge in [-0.3, -0.25) is 9.36 Å². The molecule has 3 aromatic heterocycles. The average molecular weight is 424 g/mol. The maximum Gasteiger partial charge on any atom is 0.337 e. The van der Waals surface area contributed by atoms with Crippen molar-refractivity contribution >= 4 is 11.0 Å². The molecular weight excluding hydrogens is 404 g/mol. The third-order valence-corrected chi connectivity index (χ3v) is 5.41. The molecule has 0 aliphatic rings. The molecule has 158 valence electrons. The van der Waals surface area contributed by atoms with Gasteiger partial charge in [0.25, 0.3) is 5.56 Å². The van der Waals surface area contributed by atoms with Crippen LogP contribution in [0.5, 0.6) is 0 Å². The molecule has 7 heteroatoms. The van der Waals surface area contributed by atoms with Crippen molar-refractivity contribution in [1.82, 2.24) is 19.1 Å². The van der Waals surface area contributed by atoms with Crippen LogP contribution in [0.4, 0.5) is 0 Å². The van der Waals surface area contributed by atoms with Gasteiger partial charge >= 0.3 is 5.69 Å². The zero-order chi connectivity index (χ0) is 22.2. The molecule has 3 heterocycles.